The normalized spacial score (nSPS) is 11.2. The smallest absolute Gasteiger partial charge is 0.115 e. The molecule has 0 bridgehead atoms. The summed E-state index contributed by atoms with van der Waals surface area (Å²) in [7, 11) is 0. The van der Waals surface area contributed by atoms with E-state index in [4.69, 9.17) is 34.8 Å². The highest BCUT2D eigenvalue weighted by Crippen LogP contribution is 2.30. The number of hydrogen-bond acceptors (Lipinski definition) is 1. The molecule has 0 unspecified atom stereocenters. The molecular formula is C15H10BrCl3N2. The van der Waals surface area contributed by atoms with Crippen LogP contribution >= 0.6 is 50.7 Å². The third-order valence-electron chi connectivity index (χ3n) is 3.15. The van der Waals surface area contributed by atoms with Gasteiger partial charge in [-0.2, -0.15) is 0 Å². The average Bonchev–Trinajstić information content (AvgIpc) is 2.77. The van der Waals surface area contributed by atoms with Crippen LogP contribution in [0.4, 0.5) is 0 Å². The number of aromatic nitrogens is 2. The van der Waals surface area contributed by atoms with Crippen LogP contribution in [0.1, 0.15) is 5.82 Å². The van der Waals surface area contributed by atoms with Gasteiger partial charge in [-0.15, -0.1) is 11.6 Å². The Kier molecular flexibility index (Phi) is 4.46. The van der Waals surface area contributed by atoms with Crippen LogP contribution in [0.15, 0.2) is 40.9 Å². The molecule has 3 rings (SSSR count). The maximum atomic E-state index is 6.13. The fourth-order valence-electron chi connectivity index (χ4n) is 2.28. The van der Waals surface area contributed by atoms with Crippen LogP contribution in [-0.4, -0.2) is 15.4 Å². The van der Waals surface area contributed by atoms with Crippen molar-refractivity contribution in [2.45, 2.75) is 6.42 Å². The van der Waals surface area contributed by atoms with E-state index in [-0.39, 0.29) is 0 Å². The number of hydrogen-bond donors (Lipinski definition) is 0. The van der Waals surface area contributed by atoms with E-state index in [2.05, 4.69) is 25.5 Å². The van der Waals surface area contributed by atoms with Crippen molar-refractivity contribution in [2.24, 2.45) is 0 Å². The van der Waals surface area contributed by atoms with Gasteiger partial charge in [0.2, 0.25) is 0 Å². The highest BCUT2D eigenvalue weighted by molar-refractivity contribution is 9.10. The van der Waals surface area contributed by atoms with E-state index in [1.54, 1.807) is 0 Å². The third kappa shape index (κ3) is 2.93. The fourth-order valence-corrected chi connectivity index (χ4v) is 3.48. The fraction of sp³-hybridized carbons (Fsp3) is 0.133. The molecule has 0 aliphatic carbocycles. The number of nitrogens with zero attached hydrogens (tertiary/aromatic N) is 2. The molecule has 3 aromatic rings. The highest BCUT2D eigenvalue weighted by Gasteiger charge is 2.14. The van der Waals surface area contributed by atoms with Crippen molar-refractivity contribution in [3.05, 3.63) is 56.7 Å². The summed E-state index contributed by atoms with van der Waals surface area (Å²) in [5, 5.41) is 1.35. The monoisotopic (exact) mass is 402 g/mol. The first-order chi connectivity index (χ1) is 10.1. The standard InChI is InChI=1S/C15H10BrCl3N2/c16-11-7-9(18)2-4-13(11)21-14-8-10(19)1-3-12(14)20-15(21)5-6-17/h1-4,7-8H,5-6H2. The molecule has 6 heteroatoms. The summed E-state index contributed by atoms with van der Waals surface area (Å²) in [6.45, 7) is 0. The lowest BCUT2D eigenvalue weighted by atomic mass is 10.2. The van der Waals surface area contributed by atoms with Gasteiger partial charge in [-0.3, -0.25) is 4.57 Å². The largest absolute Gasteiger partial charge is 0.295 e. The number of imidazole rings is 1. The first-order valence-electron chi connectivity index (χ1n) is 6.28. The first kappa shape index (κ1) is 15.2. The number of rotatable bonds is 3. The van der Waals surface area contributed by atoms with Crippen molar-refractivity contribution in [1.82, 2.24) is 9.55 Å². The molecule has 0 N–H and O–H groups in total. The average molecular weight is 405 g/mol. The molecule has 0 saturated heterocycles. The minimum absolute atomic E-state index is 0.502. The molecule has 1 aromatic heterocycles. The summed E-state index contributed by atoms with van der Waals surface area (Å²) in [5.74, 6) is 1.40. The molecule has 0 aliphatic rings. The van der Waals surface area contributed by atoms with Crippen molar-refractivity contribution in [2.75, 3.05) is 5.88 Å². The molecule has 0 spiro atoms. The Morgan fingerprint density at radius 1 is 1.05 bits per heavy atom. The second-order valence-corrected chi connectivity index (χ2v) is 6.64. The topological polar surface area (TPSA) is 17.8 Å². The number of aryl methyl sites for hydroxylation is 1. The van der Waals surface area contributed by atoms with Crippen molar-refractivity contribution in [3.8, 4) is 5.69 Å². The summed E-state index contributed by atoms with van der Waals surface area (Å²) >= 11 is 21.6. The molecule has 0 radical (unpaired) electrons. The Bertz CT molecular complexity index is 814. The van der Waals surface area contributed by atoms with E-state index in [1.165, 1.54) is 0 Å². The summed E-state index contributed by atoms with van der Waals surface area (Å²) in [5.41, 5.74) is 2.80. The van der Waals surface area contributed by atoms with Gasteiger partial charge in [0.1, 0.15) is 5.82 Å². The Labute approximate surface area is 145 Å². The van der Waals surface area contributed by atoms with Crippen LogP contribution in [-0.2, 0) is 6.42 Å². The molecular weight excluding hydrogens is 394 g/mol. The lowest BCUT2D eigenvalue weighted by Gasteiger charge is -2.11. The highest BCUT2D eigenvalue weighted by atomic mass is 79.9. The van der Waals surface area contributed by atoms with Gasteiger partial charge in [0, 0.05) is 26.8 Å². The van der Waals surface area contributed by atoms with E-state index in [0.29, 0.717) is 22.3 Å². The lowest BCUT2D eigenvalue weighted by Crippen LogP contribution is -2.03. The van der Waals surface area contributed by atoms with Crippen LogP contribution in [0.2, 0.25) is 10.0 Å². The van der Waals surface area contributed by atoms with E-state index in [0.717, 1.165) is 27.0 Å². The number of benzene rings is 2. The van der Waals surface area contributed by atoms with Crippen molar-refractivity contribution >= 4 is 61.8 Å². The molecule has 0 saturated carbocycles. The zero-order chi connectivity index (χ0) is 15.0. The number of fused-ring (bicyclic) bond motifs is 1. The van der Waals surface area contributed by atoms with Gasteiger partial charge in [-0.25, -0.2) is 4.98 Å². The maximum absolute atomic E-state index is 6.13. The Morgan fingerprint density at radius 2 is 1.76 bits per heavy atom. The minimum Gasteiger partial charge on any atom is -0.295 e. The Hall–Kier alpha value is -0.740. The molecule has 0 fully saturated rings. The van der Waals surface area contributed by atoms with Crippen molar-refractivity contribution in [3.63, 3.8) is 0 Å². The second kappa shape index (κ2) is 6.17. The van der Waals surface area contributed by atoms with Crippen LogP contribution in [0.3, 0.4) is 0 Å². The van der Waals surface area contributed by atoms with Gasteiger partial charge in [-0.1, -0.05) is 23.2 Å². The third-order valence-corrected chi connectivity index (χ3v) is 4.45. The summed E-state index contributed by atoms with van der Waals surface area (Å²) < 4.78 is 2.95. The van der Waals surface area contributed by atoms with Crippen LogP contribution in [0, 0.1) is 0 Å². The predicted octanol–water partition coefficient (Wildman–Crippen LogP) is 5.88. The molecule has 1 heterocycles. The second-order valence-electron chi connectivity index (χ2n) is 4.53. The first-order valence-corrected chi connectivity index (χ1v) is 8.37. The molecule has 2 aromatic carbocycles. The molecule has 2 nitrogen and oxygen atoms in total. The minimum atomic E-state index is 0.502. The van der Waals surface area contributed by atoms with E-state index >= 15 is 0 Å². The number of halogens is 4. The van der Waals surface area contributed by atoms with Gasteiger partial charge < -0.3 is 0 Å². The predicted molar refractivity (Wildman–Crippen MR) is 93.2 cm³/mol. The van der Waals surface area contributed by atoms with E-state index < -0.39 is 0 Å². The van der Waals surface area contributed by atoms with Gasteiger partial charge in [0.05, 0.1) is 16.7 Å². The van der Waals surface area contributed by atoms with Gasteiger partial charge >= 0.3 is 0 Å². The van der Waals surface area contributed by atoms with Crippen LogP contribution in [0.5, 0.6) is 0 Å². The quantitative estimate of drug-likeness (QED) is 0.499. The summed E-state index contributed by atoms with van der Waals surface area (Å²) in [4.78, 5) is 4.65. The molecule has 0 aliphatic heterocycles. The van der Waals surface area contributed by atoms with Crippen molar-refractivity contribution in [1.29, 1.82) is 0 Å². The Morgan fingerprint density at radius 3 is 2.48 bits per heavy atom. The van der Waals surface area contributed by atoms with Crippen LogP contribution < -0.4 is 0 Å². The van der Waals surface area contributed by atoms with Gasteiger partial charge in [0.25, 0.3) is 0 Å². The Balaban J connectivity index is 2.32. The summed E-state index contributed by atoms with van der Waals surface area (Å²) in [6, 6.07) is 11.3. The molecule has 108 valence electrons. The molecule has 0 amide bonds. The zero-order valence-electron chi connectivity index (χ0n) is 10.8. The van der Waals surface area contributed by atoms with Crippen molar-refractivity contribution < 1.29 is 0 Å². The SMILES string of the molecule is ClCCc1nc2ccc(Cl)cc2n1-c1ccc(Cl)cc1Br. The summed E-state index contributed by atoms with van der Waals surface area (Å²) in [6.07, 6.45) is 0.670. The number of alkyl halides is 1. The van der Waals surface area contributed by atoms with E-state index in [9.17, 15) is 0 Å². The maximum Gasteiger partial charge on any atom is 0.115 e. The van der Waals surface area contributed by atoms with Gasteiger partial charge in [-0.05, 0) is 52.3 Å². The van der Waals surface area contributed by atoms with E-state index in [1.807, 2.05) is 36.4 Å². The van der Waals surface area contributed by atoms with Crippen LogP contribution in [0.25, 0.3) is 16.7 Å². The molecule has 21 heavy (non-hydrogen) atoms. The lowest BCUT2D eigenvalue weighted by molar-refractivity contribution is 0.909. The molecule has 0 atom stereocenters. The zero-order valence-corrected chi connectivity index (χ0v) is 14.6. The van der Waals surface area contributed by atoms with Gasteiger partial charge in [0.15, 0.2) is 0 Å².